The number of ether oxygens (including phenoxy) is 1. The Morgan fingerprint density at radius 2 is 1.87 bits per heavy atom. The van der Waals surface area contributed by atoms with E-state index in [0.717, 1.165) is 52.9 Å². The fourth-order valence-electron chi connectivity index (χ4n) is 4.00. The highest BCUT2D eigenvalue weighted by molar-refractivity contribution is 5.81. The Morgan fingerprint density at radius 1 is 1.10 bits per heavy atom. The highest BCUT2D eigenvalue weighted by atomic mass is 16.5. The number of morpholine rings is 1. The Balaban J connectivity index is 1.64. The van der Waals surface area contributed by atoms with Crippen molar-refractivity contribution in [2.45, 2.75) is 13.5 Å². The van der Waals surface area contributed by atoms with E-state index in [4.69, 9.17) is 14.7 Å². The van der Waals surface area contributed by atoms with Crippen molar-refractivity contribution in [3.05, 3.63) is 78.0 Å². The fourth-order valence-corrected chi connectivity index (χ4v) is 4.00. The molecule has 0 aliphatic carbocycles. The van der Waals surface area contributed by atoms with Gasteiger partial charge in [-0.3, -0.25) is 0 Å². The van der Waals surface area contributed by atoms with Crippen molar-refractivity contribution in [2.24, 2.45) is 0 Å². The number of rotatable bonds is 4. The van der Waals surface area contributed by atoms with Gasteiger partial charge in [-0.25, -0.2) is 9.97 Å². The molecule has 7 nitrogen and oxygen atoms in total. The lowest BCUT2D eigenvalue weighted by atomic mass is 10.1. The lowest BCUT2D eigenvalue weighted by molar-refractivity contribution is 0.122. The third-order valence-corrected chi connectivity index (χ3v) is 5.80. The first kappa shape index (κ1) is 19.5. The van der Waals surface area contributed by atoms with Crippen LogP contribution in [0, 0.1) is 0 Å². The van der Waals surface area contributed by atoms with Gasteiger partial charge in [-0.15, -0.1) is 0 Å². The van der Waals surface area contributed by atoms with Gasteiger partial charge in [0.1, 0.15) is 11.3 Å². The van der Waals surface area contributed by atoms with Gasteiger partial charge in [0, 0.05) is 37.6 Å². The number of likely N-dealkylation sites (N-methyl/N-ethyl adjacent to an activating group) is 1. The monoisotopic (exact) mass is 414 g/mol. The molecule has 2 aliphatic heterocycles. The van der Waals surface area contributed by atoms with Gasteiger partial charge in [-0.2, -0.15) is 4.98 Å². The van der Waals surface area contributed by atoms with E-state index in [2.05, 4.69) is 64.5 Å². The lowest BCUT2D eigenvalue weighted by Crippen LogP contribution is -2.37. The maximum Gasteiger partial charge on any atom is 0.227 e. The molecule has 1 saturated heterocycles. The van der Waals surface area contributed by atoms with Gasteiger partial charge in [0.2, 0.25) is 5.95 Å². The first-order valence-electron chi connectivity index (χ1n) is 10.5. The SMILES string of the molecule is C=C1C(C)=CC(c2nc3cnc(N4CCOCC4)nc3n2Cc2ccccc2)=CN1C. The largest absolute Gasteiger partial charge is 0.378 e. The van der Waals surface area contributed by atoms with Crippen LogP contribution in [0.1, 0.15) is 18.3 Å². The summed E-state index contributed by atoms with van der Waals surface area (Å²) < 4.78 is 7.67. The molecule has 0 saturated carbocycles. The van der Waals surface area contributed by atoms with E-state index in [9.17, 15) is 0 Å². The van der Waals surface area contributed by atoms with Crippen LogP contribution in [-0.4, -0.2) is 57.8 Å². The molecule has 0 N–H and O–H groups in total. The normalized spacial score (nSPS) is 17.2. The predicted molar refractivity (Wildman–Crippen MR) is 123 cm³/mol. The van der Waals surface area contributed by atoms with Crippen LogP contribution in [0.4, 0.5) is 5.95 Å². The summed E-state index contributed by atoms with van der Waals surface area (Å²) in [6.45, 7) is 9.89. The van der Waals surface area contributed by atoms with Gasteiger partial charge in [0.05, 0.1) is 26.0 Å². The summed E-state index contributed by atoms with van der Waals surface area (Å²) in [5.74, 6) is 1.61. The van der Waals surface area contributed by atoms with E-state index in [0.29, 0.717) is 19.8 Å². The molecule has 2 aromatic heterocycles. The summed E-state index contributed by atoms with van der Waals surface area (Å²) in [6, 6.07) is 10.4. The van der Waals surface area contributed by atoms with Crippen molar-refractivity contribution in [1.82, 2.24) is 24.4 Å². The summed E-state index contributed by atoms with van der Waals surface area (Å²) in [5, 5.41) is 0. The number of benzene rings is 1. The molecule has 0 spiro atoms. The smallest absolute Gasteiger partial charge is 0.227 e. The average molecular weight is 415 g/mol. The number of hydrogen-bond donors (Lipinski definition) is 0. The molecular weight excluding hydrogens is 388 g/mol. The van der Waals surface area contributed by atoms with E-state index in [-0.39, 0.29) is 0 Å². The number of aromatic nitrogens is 4. The first-order chi connectivity index (χ1) is 15.1. The molecule has 1 aromatic carbocycles. The summed E-state index contributed by atoms with van der Waals surface area (Å²) in [5.41, 5.74) is 5.98. The van der Waals surface area contributed by atoms with Crippen LogP contribution in [0.15, 0.2) is 66.7 Å². The molecule has 3 aromatic rings. The molecule has 0 bridgehead atoms. The number of hydrogen-bond acceptors (Lipinski definition) is 6. The minimum atomic E-state index is 0.682. The zero-order valence-corrected chi connectivity index (χ0v) is 18.0. The molecule has 31 heavy (non-hydrogen) atoms. The molecule has 5 rings (SSSR count). The third-order valence-electron chi connectivity index (χ3n) is 5.80. The van der Waals surface area contributed by atoms with E-state index >= 15 is 0 Å². The van der Waals surface area contributed by atoms with Crippen molar-refractivity contribution in [3.8, 4) is 0 Å². The van der Waals surface area contributed by atoms with Crippen molar-refractivity contribution in [2.75, 3.05) is 38.3 Å². The Morgan fingerprint density at radius 3 is 2.61 bits per heavy atom. The maximum atomic E-state index is 5.48. The van der Waals surface area contributed by atoms with Crippen molar-refractivity contribution >= 4 is 22.7 Å². The molecule has 0 radical (unpaired) electrons. The van der Waals surface area contributed by atoms with Gasteiger partial charge in [-0.1, -0.05) is 36.9 Å². The van der Waals surface area contributed by atoms with Gasteiger partial charge in [0.15, 0.2) is 5.65 Å². The second-order valence-corrected chi connectivity index (χ2v) is 7.95. The van der Waals surface area contributed by atoms with Crippen molar-refractivity contribution in [1.29, 1.82) is 0 Å². The summed E-state index contributed by atoms with van der Waals surface area (Å²) >= 11 is 0. The van der Waals surface area contributed by atoms with Crippen LogP contribution in [0.3, 0.4) is 0 Å². The second-order valence-electron chi connectivity index (χ2n) is 7.95. The van der Waals surface area contributed by atoms with Crippen LogP contribution in [0.25, 0.3) is 16.7 Å². The molecule has 1 fully saturated rings. The third kappa shape index (κ3) is 3.72. The van der Waals surface area contributed by atoms with Gasteiger partial charge in [0.25, 0.3) is 0 Å². The Kier molecular flexibility index (Phi) is 5.03. The topological polar surface area (TPSA) is 59.3 Å². The zero-order valence-electron chi connectivity index (χ0n) is 18.0. The molecule has 0 unspecified atom stereocenters. The van der Waals surface area contributed by atoms with Gasteiger partial charge < -0.3 is 19.1 Å². The molecule has 7 heteroatoms. The van der Waals surface area contributed by atoms with E-state index in [1.165, 1.54) is 5.56 Å². The number of fused-ring (bicyclic) bond motifs is 1. The fraction of sp³-hybridized carbons (Fsp3) is 0.292. The number of nitrogens with zero attached hydrogens (tertiary/aromatic N) is 6. The lowest BCUT2D eigenvalue weighted by Gasteiger charge is -2.26. The van der Waals surface area contributed by atoms with Crippen LogP contribution in [-0.2, 0) is 11.3 Å². The van der Waals surface area contributed by atoms with Crippen LogP contribution < -0.4 is 4.90 Å². The maximum absolute atomic E-state index is 5.48. The summed E-state index contributed by atoms with van der Waals surface area (Å²) in [4.78, 5) is 18.7. The molecule has 158 valence electrons. The molecule has 0 atom stereocenters. The zero-order chi connectivity index (χ0) is 21.4. The highest BCUT2D eigenvalue weighted by Gasteiger charge is 2.21. The number of allylic oxidation sites excluding steroid dienone is 3. The van der Waals surface area contributed by atoms with Crippen LogP contribution in [0.2, 0.25) is 0 Å². The summed E-state index contributed by atoms with van der Waals surface area (Å²) in [7, 11) is 2.01. The molecule has 2 aliphatic rings. The van der Waals surface area contributed by atoms with Gasteiger partial charge >= 0.3 is 0 Å². The van der Waals surface area contributed by atoms with E-state index < -0.39 is 0 Å². The number of anilines is 1. The van der Waals surface area contributed by atoms with E-state index in [1.54, 1.807) is 0 Å². The van der Waals surface area contributed by atoms with Crippen molar-refractivity contribution in [3.63, 3.8) is 0 Å². The number of imidazole rings is 1. The van der Waals surface area contributed by atoms with Gasteiger partial charge in [-0.05, 0) is 24.1 Å². The molecule has 4 heterocycles. The Bertz CT molecular complexity index is 1190. The Hall–Kier alpha value is -3.45. The van der Waals surface area contributed by atoms with Crippen molar-refractivity contribution < 1.29 is 4.74 Å². The predicted octanol–water partition coefficient (Wildman–Crippen LogP) is 3.46. The average Bonchev–Trinajstić information content (AvgIpc) is 3.16. The highest BCUT2D eigenvalue weighted by Crippen LogP contribution is 2.30. The summed E-state index contributed by atoms with van der Waals surface area (Å²) in [6.07, 6.45) is 6.05. The second kappa shape index (κ2) is 8.00. The van der Waals surface area contributed by atoms with Crippen LogP contribution >= 0.6 is 0 Å². The van der Waals surface area contributed by atoms with Crippen LogP contribution in [0.5, 0.6) is 0 Å². The first-order valence-corrected chi connectivity index (χ1v) is 10.5. The van der Waals surface area contributed by atoms with E-state index in [1.807, 2.05) is 24.2 Å². The Labute approximate surface area is 182 Å². The quantitative estimate of drug-likeness (QED) is 0.652. The minimum Gasteiger partial charge on any atom is -0.378 e. The standard InChI is InChI=1S/C24H26N6O/c1-17-13-20(16-28(3)18(17)2)22-26-21-14-25-24(29-9-11-31-12-10-29)27-23(21)30(22)15-19-7-5-4-6-8-19/h4-8,13-14,16H,2,9-12,15H2,1,3H3. The molecule has 0 amide bonds. The minimum absolute atomic E-state index is 0.682. The molecular formula is C24H26N6O.